The normalized spacial score (nSPS) is 15.8. The van der Waals surface area contributed by atoms with Gasteiger partial charge in [-0.25, -0.2) is 4.79 Å². The Morgan fingerprint density at radius 3 is 2.44 bits per heavy atom. The van der Waals surface area contributed by atoms with E-state index in [9.17, 15) is 4.79 Å². The Morgan fingerprint density at radius 1 is 1.28 bits per heavy atom. The molecular weight excluding hydrogens is 226 g/mol. The van der Waals surface area contributed by atoms with E-state index >= 15 is 0 Å². The SMILES string of the molecule is CC.COC(=O)c1cc(C)n(C2CCCCC2)c1. The molecule has 3 heteroatoms. The molecule has 0 spiro atoms. The van der Waals surface area contributed by atoms with Crippen molar-refractivity contribution in [2.24, 2.45) is 0 Å². The molecule has 0 aromatic carbocycles. The Bertz CT molecular complexity index is 376. The van der Waals surface area contributed by atoms with Gasteiger partial charge in [0.25, 0.3) is 0 Å². The molecule has 1 fully saturated rings. The van der Waals surface area contributed by atoms with Crippen molar-refractivity contribution in [2.45, 2.75) is 58.9 Å². The van der Waals surface area contributed by atoms with Crippen LogP contribution in [0.3, 0.4) is 0 Å². The third-order valence-corrected chi connectivity index (χ3v) is 3.44. The molecule has 0 unspecified atom stereocenters. The second kappa shape index (κ2) is 7.24. The van der Waals surface area contributed by atoms with Gasteiger partial charge < -0.3 is 9.30 Å². The van der Waals surface area contributed by atoms with Crippen LogP contribution < -0.4 is 0 Å². The molecule has 0 atom stereocenters. The molecule has 0 radical (unpaired) electrons. The van der Waals surface area contributed by atoms with Gasteiger partial charge in [-0.3, -0.25) is 0 Å². The summed E-state index contributed by atoms with van der Waals surface area (Å²) in [6, 6.07) is 2.49. The number of aromatic nitrogens is 1. The third kappa shape index (κ3) is 3.37. The van der Waals surface area contributed by atoms with E-state index in [1.54, 1.807) is 0 Å². The van der Waals surface area contributed by atoms with E-state index in [2.05, 4.69) is 11.5 Å². The Kier molecular flexibility index (Phi) is 5.96. The smallest absolute Gasteiger partial charge is 0.339 e. The molecule has 1 saturated carbocycles. The summed E-state index contributed by atoms with van der Waals surface area (Å²) in [6.07, 6.45) is 8.36. The Labute approximate surface area is 110 Å². The zero-order valence-corrected chi connectivity index (χ0v) is 12.0. The van der Waals surface area contributed by atoms with Crippen molar-refractivity contribution in [1.82, 2.24) is 4.57 Å². The minimum atomic E-state index is -0.238. The number of methoxy groups -OCH3 is 1. The number of rotatable bonds is 2. The molecule has 0 saturated heterocycles. The van der Waals surface area contributed by atoms with Crippen molar-refractivity contribution >= 4 is 5.97 Å². The number of carbonyl (C=O) groups is 1. The lowest BCUT2D eigenvalue weighted by atomic mass is 9.95. The number of hydrogen-bond acceptors (Lipinski definition) is 2. The quantitative estimate of drug-likeness (QED) is 0.740. The van der Waals surface area contributed by atoms with Crippen LogP contribution in [-0.2, 0) is 4.74 Å². The van der Waals surface area contributed by atoms with Crippen molar-refractivity contribution in [3.05, 3.63) is 23.5 Å². The number of ether oxygens (including phenoxy) is 1. The molecule has 0 N–H and O–H groups in total. The summed E-state index contributed by atoms with van der Waals surface area (Å²) in [5.41, 5.74) is 1.83. The molecule has 1 heterocycles. The maximum atomic E-state index is 11.4. The van der Waals surface area contributed by atoms with Gasteiger partial charge in [0, 0.05) is 17.9 Å². The minimum Gasteiger partial charge on any atom is -0.465 e. The van der Waals surface area contributed by atoms with E-state index in [0.717, 1.165) is 5.69 Å². The maximum Gasteiger partial charge on any atom is 0.339 e. The van der Waals surface area contributed by atoms with E-state index in [1.165, 1.54) is 39.2 Å². The van der Waals surface area contributed by atoms with Crippen LogP contribution in [0.1, 0.15) is 68.0 Å². The van der Waals surface area contributed by atoms with Crippen LogP contribution in [-0.4, -0.2) is 17.6 Å². The Balaban J connectivity index is 0.000000771. The summed E-state index contributed by atoms with van der Waals surface area (Å²) in [7, 11) is 1.43. The molecular formula is C15H25NO2. The lowest BCUT2D eigenvalue weighted by Crippen LogP contribution is -2.13. The van der Waals surface area contributed by atoms with E-state index in [0.29, 0.717) is 11.6 Å². The van der Waals surface area contributed by atoms with Crippen LogP contribution in [0.25, 0.3) is 0 Å². The highest BCUT2D eigenvalue weighted by atomic mass is 16.5. The summed E-state index contributed by atoms with van der Waals surface area (Å²) in [5, 5.41) is 0. The molecule has 102 valence electrons. The van der Waals surface area contributed by atoms with Gasteiger partial charge in [-0.05, 0) is 25.8 Å². The average molecular weight is 251 g/mol. The molecule has 0 amide bonds. The minimum absolute atomic E-state index is 0.238. The summed E-state index contributed by atoms with van der Waals surface area (Å²) in [5.74, 6) is -0.238. The third-order valence-electron chi connectivity index (χ3n) is 3.44. The second-order valence-corrected chi connectivity index (χ2v) is 4.56. The predicted molar refractivity (Wildman–Crippen MR) is 74.0 cm³/mol. The summed E-state index contributed by atoms with van der Waals surface area (Å²) in [6.45, 7) is 6.06. The molecule has 18 heavy (non-hydrogen) atoms. The average Bonchev–Trinajstić information content (AvgIpc) is 2.83. The zero-order valence-electron chi connectivity index (χ0n) is 12.0. The highest BCUT2D eigenvalue weighted by Gasteiger charge is 2.18. The second-order valence-electron chi connectivity index (χ2n) is 4.56. The molecule has 0 bridgehead atoms. The fourth-order valence-corrected chi connectivity index (χ4v) is 2.57. The van der Waals surface area contributed by atoms with Gasteiger partial charge in [0.05, 0.1) is 12.7 Å². The molecule has 1 aromatic rings. The number of hydrogen-bond donors (Lipinski definition) is 0. The first kappa shape index (κ1) is 14.8. The van der Waals surface area contributed by atoms with Gasteiger partial charge in [0.15, 0.2) is 0 Å². The first-order valence-corrected chi connectivity index (χ1v) is 6.99. The fourth-order valence-electron chi connectivity index (χ4n) is 2.57. The largest absolute Gasteiger partial charge is 0.465 e. The van der Waals surface area contributed by atoms with Gasteiger partial charge in [-0.2, -0.15) is 0 Å². The van der Waals surface area contributed by atoms with Gasteiger partial charge in [0.2, 0.25) is 0 Å². The van der Waals surface area contributed by atoms with Crippen molar-refractivity contribution in [3.8, 4) is 0 Å². The topological polar surface area (TPSA) is 31.2 Å². The van der Waals surface area contributed by atoms with Crippen LogP contribution >= 0.6 is 0 Å². The zero-order chi connectivity index (χ0) is 13.5. The highest BCUT2D eigenvalue weighted by Crippen LogP contribution is 2.30. The van der Waals surface area contributed by atoms with Crippen LogP contribution in [0, 0.1) is 6.92 Å². The van der Waals surface area contributed by atoms with E-state index < -0.39 is 0 Å². The van der Waals surface area contributed by atoms with Gasteiger partial charge in [-0.1, -0.05) is 33.1 Å². The fraction of sp³-hybridized carbons (Fsp3) is 0.667. The number of aryl methyl sites for hydroxylation is 1. The number of carbonyl (C=O) groups excluding carboxylic acids is 1. The Hall–Kier alpha value is -1.25. The summed E-state index contributed by atoms with van der Waals surface area (Å²) in [4.78, 5) is 11.4. The molecule has 2 rings (SSSR count). The van der Waals surface area contributed by atoms with Crippen molar-refractivity contribution in [2.75, 3.05) is 7.11 Å². The summed E-state index contributed by atoms with van der Waals surface area (Å²) >= 11 is 0. The molecule has 0 aliphatic heterocycles. The van der Waals surface area contributed by atoms with Crippen LogP contribution in [0.5, 0.6) is 0 Å². The summed E-state index contributed by atoms with van der Waals surface area (Å²) < 4.78 is 6.98. The van der Waals surface area contributed by atoms with Crippen LogP contribution in [0.4, 0.5) is 0 Å². The van der Waals surface area contributed by atoms with Gasteiger partial charge >= 0.3 is 5.97 Å². The number of esters is 1. The lowest BCUT2D eigenvalue weighted by molar-refractivity contribution is 0.0600. The molecule has 3 nitrogen and oxygen atoms in total. The molecule has 1 aromatic heterocycles. The van der Waals surface area contributed by atoms with Crippen LogP contribution in [0.15, 0.2) is 12.3 Å². The molecule has 1 aliphatic rings. The van der Waals surface area contributed by atoms with Gasteiger partial charge in [0.1, 0.15) is 0 Å². The number of nitrogens with zero attached hydrogens (tertiary/aromatic N) is 1. The Morgan fingerprint density at radius 2 is 1.89 bits per heavy atom. The predicted octanol–water partition coefficient (Wildman–Crippen LogP) is 4.11. The first-order valence-electron chi connectivity index (χ1n) is 6.99. The standard InChI is InChI=1S/C13H19NO2.C2H6/c1-10-8-11(13(15)16-2)9-14(10)12-6-4-3-5-7-12;1-2/h8-9,12H,3-7H2,1-2H3;1-2H3. The molecule has 1 aliphatic carbocycles. The van der Waals surface area contributed by atoms with Crippen molar-refractivity contribution in [1.29, 1.82) is 0 Å². The lowest BCUT2D eigenvalue weighted by Gasteiger charge is -2.24. The van der Waals surface area contributed by atoms with Gasteiger partial charge in [-0.15, -0.1) is 0 Å². The van der Waals surface area contributed by atoms with Crippen LogP contribution in [0.2, 0.25) is 0 Å². The highest BCUT2D eigenvalue weighted by molar-refractivity contribution is 5.89. The van der Waals surface area contributed by atoms with Crippen molar-refractivity contribution < 1.29 is 9.53 Å². The van der Waals surface area contributed by atoms with E-state index in [4.69, 9.17) is 4.74 Å². The maximum absolute atomic E-state index is 11.4. The van der Waals surface area contributed by atoms with Crippen molar-refractivity contribution in [3.63, 3.8) is 0 Å². The van der Waals surface area contributed by atoms with E-state index in [1.807, 2.05) is 26.1 Å². The first-order chi connectivity index (χ1) is 8.72. The van der Waals surface area contributed by atoms with E-state index in [-0.39, 0.29) is 5.97 Å². The monoisotopic (exact) mass is 251 g/mol.